The first-order chi connectivity index (χ1) is 9.51. The number of nitrogen functional groups attached to an aromatic ring is 1. The third kappa shape index (κ3) is 2.91. The highest BCUT2D eigenvalue weighted by Gasteiger charge is 2.21. The van der Waals surface area contributed by atoms with Crippen molar-refractivity contribution in [3.63, 3.8) is 0 Å². The molecule has 2 N–H and O–H groups in total. The Labute approximate surface area is 126 Å². The Morgan fingerprint density at radius 1 is 1.45 bits per heavy atom. The largest absolute Gasteiger partial charge is 0.429 e. The lowest BCUT2D eigenvalue weighted by Crippen LogP contribution is -2.00. The number of halogens is 1. The summed E-state index contributed by atoms with van der Waals surface area (Å²) in [6.07, 6.45) is 2.61. The molecule has 0 saturated carbocycles. The molecule has 0 amide bonds. The summed E-state index contributed by atoms with van der Waals surface area (Å²) in [7, 11) is 0. The van der Waals surface area contributed by atoms with Crippen molar-refractivity contribution in [2.75, 3.05) is 5.73 Å². The Morgan fingerprint density at radius 3 is 2.80 bits per heavy atom. The number of nitro benzene ring substituents is 1. The smallest absolute Gasteiger partial charge is 0.314 e. The summed E-state index contributed by atoms with van der Waals surface area (Å²) in [6, 6.07) is 4.46. The van der Waals surface area contributed by atoms with Crippen LogP contribution in [0.4, 0.5) is 11.5 Å². The van der Waals surface area contributed by atoms with Crippen LogP contribution in [0.15, 0.2) is 24.5 Å². The van der Waals surface area contributed by atoms with Gasteiger partial charge in [-0.3, -0.25) is 15.1 Å². The van der Waals surface area contributed by atoms with Crippen molar-refractivity contribution in [2.24, 2.45) is 0 Å². The van der Waals surface area contributed by atoms with Gasteiger partial charge in [0.25, 0.3) is 0 Å². The van der Waals surface area contributed by atoms with Crippen LogP contribution in [0.2, 0.25) is 0 Å². The lowest BCUT2D eigenvalue weighted by molar-refractivity contribution is -0.385. The molecular formula is C11H6IN5O3. The Balaban J connectivity index is 2.51. The first-order valence-electron chi connectivity index (χ1n) is 5.14. The van der Waals surface area contributed by atoms with Crippen LogP contribution in [0.25, 0.3) is 0 Å². The van der Waals surface area contributed by atoms with E-state index in [1.807, 2.05) is 28.7 Å². The molecule has 8 nitrogen and oxygen atoms in total. The minimum absolute atomic E-state index is 0.00509. The topological polar surface area (TPSA) is 128 Å². The molecule has 0 radical (unpaired) electrons. The number of anilines is 1. The molecule has 20 heavy (non-hydrogen) atoms. The Bertz CT molecular complexity index is 728. The van der Waals surface area contributed by atoms with Gasteiger partial charge in [-0.15, -0.1) is 0 Å². The quantitative estimate of drug-likeness (QED) is 0.489. The summed E-state index contributed by atoms with van der Waals surface area (Å²) in [5, 5.41) is 19.9. The molecule has 2 rings (SSSR count). The van der Waals surface area contributed by atoms with E-state index in [-0.39, 0.29) is 28.7 Å². The molecule has 0 spiro atoms. The van der Waals surface area contributed by atoms with Gasteiger partial charge in [0.1, 0.15) is 5.82 Å². The SMILES string of the molecule is N#Cc1cc(I)c(Oc2cncc(N)n2)c([N+](=O)[O-])c1. The van der Waals surface area contributed by atoms with E-state index >= 15 is 0 Å². The molecule has 0 bridgehead atoms. The number of rotatable bonds is 3. The predicted molar refractivity (Wildman–Crippen MR) is 77.0 cm³/mol. The van der Waals surface area contributed by atoms with E-state index in [1.165, 1.54) is 18.5 Å². The zero-order chi connectivity index (χ0) is 14.7. The monoisotopic (exact) mass is 383 g/mol. The third-order valence-corrected chi connectivity index (χ3v) is 2.99. The van der Waals surface area contributed by atoms with E-state index in [0.29, 0.717) is 3.57 Å². The van der Waals surface area contributed by atoms with Crippen LogP contribution >= 0.6 is 22.6 Å². The molecule has 2 aromatic rings. The van der Waals surface area contributed by atoms with Crippen molar-refractivity contribution in [1.29, 1.82) is 5.26 Å². The van der Waals surface area contributed by atoms with Crippen LogP contribution < -0.4 is 10.5 Å². The van der Waals surface area contributed by atoms with Gasteiger partial charge in [-0.2, -0.15) is 10.2 Å². The highest BCUT2D eigenvalue weighted by Crippen LogP contribution is 2.36. The molecule has 1 aromatic carbocycles. The van der Waals surface area contributed by atoms with Gasteiger partial charge in [0.15, 0.2) is 0 Å². The fourth-order valence-electron chi connectivity index (χ4n) is 1.40. The van der Waals surface area contributed by atoms with E-state index in [0.717, 1.165) is 6.07 Å². The van der Waals surface area contributed by atoms with Crippen LogP contribution in [0.5, 0.6) is 11.6 Å². The molecule has 9 heteroatoms. The van der Waals surface area contributed by atoms with Gasteiger partial charge in [0.05, 0.1) is 32.5 Å². The first kappa shape index (κ1) is 13.9. The van der Waals surface area contributed by atoms with Crippen LogP contribution in [0.3, 0.4) is 0 Å². The number of nitrogens with zero attached hydrogens (tertiary/aromatic N) is 4. The van der Waals surface area contributed by atoms with E-state index < -0.39 is 4.92 Å². The second kappa shape index (κ2) is 5.66. The summed E-state index contributed by atoms with van der Waals surface area (Å²) in [6.45, 7) is 0. The van der Waals surface area contributed by atoms with Gasteiger partial charge >= 0.3 is 5.69 Å². The van der Waals surface area contributed by atoms with Crippen molar-refractivity contribution in [3.05, 3.63) is 43.8 Å². The van der Waals surface area contributed by atoms with Crippen molar-refractivity contribution in [1.82, 2.24) is 9.97 Å². The number of hydrogen-bond donors (Lipinski definition) is 1. The van der Waals surface area contributed by atoms with E-state index in [1.54, 1.807) is 0 Å². The van der Waals surface area contributed by atoms with Crippen LogP contribution in [-0.2, 0) is 0 Å². The van der Waals surface area contributed by atoms with E-state index in [4.69, 9.17) is 15.7 Å². The average molecular weight is 383 g/mol. The minimum atomic E-state index is -0.627. The molecule has 0 aliphatic heterocycles. The summed E-state index contributed by atoms with van der Waals surface area (Å²) < 4.78 is 5.78. The second-order valence-corrected chi connectivity index (χ2v) is 4.72. The first-order valence-corrected chi connectivity index (χ1v) is 6.22. The maximum absolute atomic E-state index is 11.1. The number of aromatic nitrogens is 2. The van der Waals surface area contributed by atoms with Crippen LogP contribution in [-0.4, -0.2) is 14.9 Å². The normalized spacial score (nSPS) is 9.80. The molecule has 0 saturated heterocycles. The van der Waals surface area contributed by atoms with Crippen molar-refractivity contribution in [2.45, 2.75) is 0 Å². The van der Waals surface area contributed by atoms with Gasteiger partial charge in [-0.05, 0) is 28.7 Å². The maximum Gasteiger partial charge on any atom is 0.314 e. The van der Waals surface area contributed by atoms with Crippen molar-refractivity contribution in [3.8, 4) is 17.7 Å². The standard InChI is InChI=1S/C11H6IN5O3/c12-7-1-6(3-13)2-8(17(18)19)11(7)20-10-5-15-4-9(14)16-10/h1-2,4-5H,(H2,14,16). The number of nitro groups is 1. The highest BCUT2D eigenvalue weighted by molar-refractivity contribution is 14.1. The second-order valence-electron chi connectivity index (χ2n) is 3.56. The molecule has 1 aromatic heterocycles. The highest BCUT2D eigenvalue weighted by atomic mass is 127. The van der Waals surface area contributed by atoms with Crippen LogP contribution in [0, 0.1) is 25.0 Å². The van der Waals surface area contributed by atoms with E-state index in [9.17, 15) is 10.1 Å². The number of nitrogens with two attached hydrogens (primary N) is 1. The van der Waals surface area contributed by atoms with Crippen LogP contribution in [0.1, 0.15) is 5.56 Å². The number of benzene rings is 1. The molecule has 0 aliphatic rings. The molecular weight excluding hydrogens is 377 g/mol. The molecule has 100 valence electrons. The predicted octanol–water partition coefficient (Wildman–Crippen LogP) is 2.24. The molecule has 0 unspecified atom stereocenters. The zero-order valence-electron chi connectivity index (χ0n) is 9.78. The number of nitriles is 1. The summed E-state index contributed by atoms with van der Waals surface area (Å²) in [5.41, 5.74) is 5.31. The molecule has 0 fully saturated rings. The maximum atomic E-state index is 11.1. The number of hydrogen-bond acceptors (Lipinski definition) is 7. The van der Waals surface area contributed by atoms with Crippen molar-refractivity contribution >= 4 is 34.1 Å². The summed E-state index contributed by atoms with van der Waals surface area (Å²) in [5.74, 6) is 0.166. The van der Waals surface area contributed by atoms with Crippen molar-refractivity contribution < 1.29 is 9.66 Å². The fraction of sp³-hybridized carbons (Fsp3) is 0. The zero-order valence-corrected chi connectivity index (χ0v) is 11.9. The summed E-state index contributed by atoms with van der Waals surface area (Å²) >= 11 is 1.84. The Kier molecular flexibility index (Phi) is 3.94. The van der Waals surface area contributed by atoms with Gasteiger partial charge in [0, 0.05) is 6.07 Å². The molecule has 0 aliphatic carbocycles. The summed E-state index contributed by atoms with van der Waals surface area (Å²) in [4.78, 5) is 18.1. The molecule has 0 atom stereocenters. The van der Waals surface area contributed by atoms with Gasteiger partial charge < -0.3 is 10.5 Å². The van der Waals surface area contributed by atoms with E-state index in [2.05, 4.69) is 9.97 Å². The average Bonchev–Trinajstić information content (AvgIpc) is 2.40. The third-order valence-electron chi connectivity index (χ3n) is 2.19. The minimum Gasteiger partial charge on any atom is -0.429 e. The Morgan fingerprint density at radius 2 is 2.20 bits per heavy atom. The lowest BCUT2D eigenvalue weighted by atomic mass is 10.2. The van der Waals surface area contributed by atoms with Gasteiger partial charge in [0.2, 0.25) is 11.6 Å². The lowest BCUT2D eigenvalue weighted by Gasteiger charge is -2.07. The van der Waals surface area contributed by atoms with Gasteiger partial charge in [-0.1, -0.05) is 0 Å². The number of ether oxygens (including phenoxy) is 1. The Hall–Kier alpha value is -2.48. The molecule has 1 heterocycles. The fourth-order valence-corrected chi connectivity index (χ4v) is 2.12. The van der Waals surface area contributed by atoms with Gasteiger partial charge in [-0.25, -0.2) is 0 Å².